The molecular weight excluding hydrogens is 396 g/mol. The number of nitrogens with one attached hydrogen (secondary N) is 1. The largest absolute Gasteiger partial charge is 0.384 e. The third-order valence-corrected chi connectivity index (χ3v) is 5.32. The van der Waals surface area contributed by atoms with Gasteiger partial charge in [0.2, 0.25) is 0 Å². The summed E-state index contributed by atoms with van der Waals surface area (Å²) in [5.74, 6) is 0.448. The molecule has 0 radical (unpaired) electrons. The molecule has 1 atom stereocenters. The molecule has 2 aromatic carbocycles. The van der Waals surface area contributed by atoms with Crippen LogP contribution in [-0.2, 0) is 0 Å². The van der Waals surface area contributed by atoms with Crippen molar-refractivity contribution in [3.63, 3.8) is 0 Å². The first-order valence-electron chi connectivity index (χ1n) is 9.52. The lowest BCUT2D eigenvalue weighted by Crippen LogP contribution is -2.28. The Balaban J connectivity index is 1.83. The molecule has 0 aliphatic heterocycles. The van der Waals surface area contributed by atoms with Gasteiger partial charge in [-0.3, -0.25) is 9.36 Å². The fourth-order valence-electron chi connectivity index (χ4n) is 3.50. The van der Waals surface area contributed by atoms with Gasteiger partial charge in [0, 0.05) is 28.8 Å². The van der Waals surface area contributed by atoms with Gasteiger partial charge in [-0.1, -0.05) is 48.5 Å². The third-order valence-electron chi connectivity index (χ3n) is 5.01. The summed E-state index contributed by atoms with van der Waals surface area (Å²) < 4.78 is 1.69. The van der Waals surface area contributed by atoms with E-state index in [2.05, 4.69) is 16.9 Å². The summed E-state index contributed by atoms with van der Waals surface area (Å²) in [6.07, 6.45) is 1.67. The molecule has 0 saturated carbocycles. The van der Waals surface area contributed by atoms with Gasteiger partial charge in [-0.15, -0.1) is 0 Å². The molecule has 6 heteroatoms. The average molecular weight is 417 g/mol. The fourth-order valence-corrected chi connectivity index (χ4v) is 3.77. The molecule has 3 N–H and O–H groups in total. The zero-order valence-corrected chi connectivity index (χ0v) is 17.2. The summed E-state index contributed by atoms with van der Waals surface area (Å²) in [7, 11) is 0. The van der Waals surface area contributed by atoms with Gasteiger partial charge >= 0.3 is 0 Å². The van der Waals surface area contributed by atoms with Crippen LogP contribution in [0.3, 0.4) is 0 Å². The van der Waals surface area contributed by atoms with Gasteiger partial charge in [-0.05, 0) is 48.7 Å². The van der Waals surface area contributed by atoms with Gasteiger partial charge in [0.15, 0.2) is 0 Å². The minimum atomic E-state index is -0.216. The lowest BCUT2D eigenvalue weighted by molar-refractivity contribution is 0.651. The molecule has 0 fully saturated rings. The highest BCUT2D eigenvalue weighted by atomic mass is 35.5. The van der Waals surface area contributed by atoms with E-state index in [1.165, 1.54) is 0 Å². The predicted molar refractivity (Wildman–Crippen MR) is 124 cm³/mol. The number of hydrogen-bond acceptors (Lipinski definition) is 4. The minimum absolute atomic E-state index is 0.160. The molecule has 150 valence electrons. The molecule has 4 rings (SSSR count). The number of hydrogen-bond donors (Lipinski definition) is 2. The third kappa shape index (κ3) is 3.67. The number of nitrogen functional groups attached to an aromatic ring is 1. The zero-order valence-electron chi connectivity index (χ0n) is 16.5. The van der Waals surface area contributed by atoms with E-state index in [9.17, 15) is 4.79 Å². The van der Waals surface area contributed by atoms with Gasteiger partial charge in [0.1, 0.15) is 5.82 Å². The van der Waals surface area contributed by atoms with Gasteiger partial charge < -0.3 is 11.1 Å². The number of rotatable bonds is 5. The molecule has 0 aliphatic carbocycles. The lowest BCUT2D eigenvalue weighted by atomic mass is 10.1. The molecule has 2 aromatic heterocycles. The number of halogens is 1. The smallest absolute Gasteiger partial charge is 0.264 e. The predicted octanol–water partition coefficient (Wildman–Crippen LogP) is 4.94. The van der Waals surface area contributed by atoms with E-state index in [1.807, 2.05) is 61.5 Å². The number of fused-ring (bicyclic) bond motifs is 1. The molecule has 4 aromatic rings. The van der Waals surface area contributed by atoms with Crippen LogP contribution in [0.5, 0.6) is 0 Å². The van der Waals surface area contributed by atoms with Crippen molar-refractivity contribution in [2.24, 2.45) is 0 Å². The number of nitrogens with two attached hydrogens (primary N) is 1. The van der Waals surface area contributed by atoms with E-state index in [0.29, 0.717) is 21.9 Å². The number of pyridine rings is 2. The van der Waals surface area contributed by atoms with Crippen molar-refractivity contribution in [2.45, 2.75) is 13.0 Å². The maximum Gasteiger partial charge on any atom is 0.264 e. The highest BCUT2D eigenvalue weighted by Gasteiger charge is 2.18. The summed E-state index contributed by atoms with van der Waals surface area (Å²) in [6.45, 7) is 6.11. The molecule has 5 nitrogen and oxygen atoms in total. The summed E-state index contributed by atoms with van der Waals surface area (Å²) >= 11 is 6.37. The van der Waals surface area contributed by atoms with Crippen LogP contribution >= 0.6 is 11.6 Å². The average Bonchev–Trinajstić information content (AvgIpc) is 2.74. The Morgan fingerprint density at radius 1 is 1.13 bits per heavy atom. The summed E-state index contributed by atoms with van der Waals surface area (Å²) in [5.41, 5.74) is 8.60. The van der Waals surface area contributed by atoms with Crippen LogP contribution in [0.15, 0.2) is 84.3 Å². The molecule has 30 heavy (non-hydrogen) atoms. The first-order chi connectivity index (χ1) is 14.5. The monoisotopic (exact) mass is 416 g/mol. The van der Waals surface area contributed by atoms with Crippen LogP contribution in [0, 0.1) is 0 Å². The summed E-state index contributed by atoms with van der Waals surface area (Å²) in [5, 5.41) is 5.11. The molecule has 0 spiro atoms. The van der Waals surface area contributed by atoms with E-state index in [-0.39, 0.29) is 11.6 Å². The Hall–Kier alpha value is -3.57. The van der Waals surface area contributed by atoms with E-state index in [4.69, 9.17) is 17.3 Å². The Labute approximate surface area is 179 Å². The maximum absolute atomic E-state index is 13.5. The second kappa shape index (κ2) is 8.05. The van der Waals surface area contributed by atoms with E-state index < -0.39 is 0 Å². The van der Waals surface area contributed by atoms with E-state index in [0.717, 1.165) is 22.3 Å². The number of benzene rings is 2. The quantitative estimate of drug-likeness (QED) is 0.483. The number of aromatic nitrogens is 2. The number of anilines is 1. The lowest BCUT2D eigenvalue weighted by Gasteiger charge is -2.23. The molecule has 0 saturated heterocycles. The number of para-hydroxylation sites is 1. The van der Waals surface area contributed by atoms with Crippen LogP contribution in [0.4, 0.5) is 5.82 Å². The Kier molecular flexibility index (Phi) is 5.29. The van der Waals surface area contributed by atoms with Crippen LogP contribution in [0.25, 0.3) is 22.2 Å². The van der Waals surface area contributed by atoms with E-state index >= 15 is 0 Å². The summed E-state index contributed by atoms with van der Waals surface area (Å²) in [4.78, 5) is 17.6. The van der Waals surface area contributed by atoms with Crippen LogP contribution in [0.1, 0.15) is 24.2 Å². The van der Waals surface area contributed by atoms with Gasteiger partial charge in [-0.2, -0.15) is 0 Å². The van der Waals surface area contributed by atoms with Crippen molar-refractivity contribution in [3.8, 4) is 5.69 Å². The number of nitrogens with zero attached hydrogens (tertiary/aromatic N) is 2. The Morgan fingerprint density at radius 2 is 1.90 bits per heavy atom. The zero-order chi connectivity index (χ0) is 21.3. The van der Waals surface area contributed by atoms with Crippen molar-refractivity contribution in [3.05, 3.63) is 106 Å². The van der Waals surface area contributed by atoms with Crippen LogP contribution in [-0.4, -0.2) is 9.55 Å². The van der Waals surface area contributed by atoms with Gasteiger partial charge in [0.25, 0.3) is 5.56 Å². The standard InChI is InChI=1S/C24H21ClN4O/c1-15(18-11-12-22(26)27-14-18)28-16(2)21-13-17-7-6-10-20(25)23(17)24(30)29(21)19-8-4-3-5-9-19/h3-14,16,28H,1H2,2H3,(H2,26,27)/t16-/m0/s1. The molecule has 0 bridgehead atoms. The Morgan fingerprint density at radius 3 is 2.60 bits per heavy atom. The highest BCUT2D eigenvalue weighted by Crippen LogP contribution is 2.26. The first-order valence-corrected chi connectivity index (χ1v) is 9.90. The first kappa shape index (κ1) is 19.7. The van der Waals surface area contributed by atoms with Crippen molar-refractivity contribution >= 4 is 33.9 Å². The summed E-state index contributed by atoms with van der Waals surface area (Å²) in [6, 6.07) is 20.4. The molecule has 0 unspecified atom stereocenters. The van der Waals surface area contributed by atoms with Crippen LogP contribution < -0.4 is 16.6 Å². The van der Waals surface area contributed by atoms with Gasteiger partial charge in [-0.25, -0.2) is 4.98 Å². The highest BCUT2D eigenvalue weighted by molar-refractivity contribution is 6.35. The topological polar surface area (TPSA) is 72.9 Å². The van der Waals surface area contributed by atoms with Crippen molar-refractivity contribution in [1.29, 1.82) is 0 Å². The second-order valence-corrected chi connectivity index (χ2v) is 7.47. The van der Waals surface area contributed by atoms with Crippen LogP contribution in [0.2, 0.25) is 5.02 Å². The SMILES string of the molecule is C=C(N[C@@H](C)c1cc2cccc(Cl)c2c(=O)n1-c1ccccc1)c1ccc(N)nc1. The fraction of sp³-hybridized carbons (Fsp3) is 0.0833. The normalized spacial score (nSPS) is 11.9. The van der Waals surface area contributed by atoms with E-state index in [1.54, 1.807) is 22.9 Å². The molecule has 0 aliphatic rings. The molecular formula is C24H21ClN4O. The van der Waals surface area contributed by atoms with Gasteiger partial charge in [0.05, 0.1) is 16.5 Å². The molecule has 0 amide bonds. The Bertz CT molecular complexity index is 1280. The van der Waals surface area contributed by atoms with Crippen molar-refractivity contribution in [2.75, 3.05) is 5.73 Å². The maximum atomic E-state index is 13.5. The minimum Gasteiger partial charge on any atom is -0.384 e. The second-order valence-electron chi connectivity index (χ2n) is 7.07. The van der Waals surface area contributed by atoms with Crippen molar-refractivity contribution in [1.82, 2.24) is 14.9 Å². The molecule has 2 heterocycles. The van der Waals surface area contributed by atoms with Crippen molar-refractivity contribution < 1.29 is 0 Å².